The lowest BCUT2D eigenvalue weighted by Crippen LogP contribution is -2.22. The highest BCUT2D eigenvalue weighted by atomic mass is 32.1. The summed E-state index contributed by atoms with van der Waals surface area (Å²) in [5.41, 5.74) is 6.72. The van der Waals surface area contributed by atoms with Crippen LogP contribution < -0.4 is 21.1 Å². The van der Waals surface area contributed by atoms with Crippen LogP contribution in [-0.4, -0.2) is 24.0 Å². The number of fused-ring (bicyclic) bond motifs is 1. The monoisotopic (exact) mass is 390 g/mol. The lowest BCUT2D eigenvalue weighted by Gasteiger charge is -2.12. The van der Waals surface area contributed by atoms with Crippen molar-refractivity contribution in [2.75, 3.05) is 17.7 Å². The van der Waals surface area contributed by atoms with E-state index < -0.39 is 16.9 Å². The average Bonchev–Trinajstić information content (AvgIpc) is 2.99. The number of hydrogen-bond acceptors (Lipinski definition) is 6. The first kappa shape index (κ1) is 18.6. The minimum absolute atomic E-state index is 0.145. The van der Waals surface area contributed by atoms with E-state index >= 15 is 0 Å². The molecule has 0 aliphatic heterocycles. The average molecular weight is 390 g/mol. The van der Waals surface area contributed by atoms with Crippen molar-refractivity contribution in [1.82, 2.24) is 0 Å². The predicted molar refractivity (Wildman–Crippen MR) is 102 cm³/mol. The van der Waals surface area contributed by atoms with Crippen molar-refractivity contribution >= 4 is 39.7 Å². The molecule has 0 saturated heterocycles. The highest BCUT2D eigenvalue weighted by Crippen LogP contribution is 2.38. The van der Waals surface area contributed by atoms with Gasteiger partial charge >= 0.3 is 6.03 Å². The molecule has 0 fully saturated rings. The van der Waals surface area contributed by atoms with Crippen LogP contribution in [0.15, 0.2) is 18.2 Å². The first-order valence-corrected chi connectivity index (χ1v) is 9.07. The second kappa shape index (κ2) is 7.62. The molecule has 1 aliphatic rings. The van der Waals surface area contributed by atoms with Crippen LogP contribution in [0.25, 0.3) is 0 Å². The number of carbonyl (C=O) groups excluding carboxylic acids is 2. The number of non-ortho nitro benzene ring substituents is 1. The molecule has 0 atom stereocenters. The van der Waals surface area contributed by atoms with E-state index in [1.807, 2.05) is 0 Å². The molecule has 1 aromatic carbocycles. The number of rotatable bonds is 5. The Morgan fingerprint density at radius 3 is 2.67 bits per heavy atom. The van der Waals surface area contributed by atoms with Gasteiger partial charge in [0.25, 0.3) is 11.6 Å². The first-order chi connectivity index (χ1) is 12.9. The Kier molecular flexibility index (Phi) is 5.26. The third-order valence-electron chi connectivity index (χ3n) is 4.29. The Morgan fingerprint density at radius 2 is 2.00 bits per heavy atom. The summed E-state index contributed by atoms with van der Waals surface area (Å²) in [4.78, 5) is 35.7. The molecule has 1 heterocycles. The van der Waals surface area contributed by atoms with E-state index in [0.29, 0.717) is 10.6 Å². The van der Waals surface area contributed by atoms with E-state index in [0.717, 1.165) is 36.1 Å². The number of anilines is 2. The molecule has 0 saturated carbocycles. The summed E-state index contributed by atoms with van der Waals surface area (Å²) >= 11 is 1.33. The fourth-order valence-corrected chi connectivity index (χ4v) is 4.37. The Balaban J connectivity index is 1.85. The summed E-state index contributed by atoms with van der Waals surface area (Å²) in [6.45, 7) is 0. The Morgan fingerprint density at radius 1 is 1.26 bits per heavy atom. The summed E-state index contributed by atoms with van der Waals surface area (Å²) in [5, 5.41) is 16.5. The van der Waals surface area contributed by atoms with Crippen molar-refractivity contribution in [3.63, 3.8) is 0 Å². The Hall–Kier alpha value is -3.14. The molecule has 2 aromatic rings. The number of nitro groups is 1. The molecule has 0 spiro atoms. The number of nitro benzene ring substituents is 1. The maximum Gasteiger partial charge on any atom is 0.324 e. The van der Waals surface area contributed by atoms with Crippen molar-refractivity contribution in [2.24, 2.45) is 5.73 Å². The number of aryl methyl sites for hydroxylation is 1. The third-order valence-corrected chi connectivity index (χ3v) is 5.49. The molecule has 4 N–H and O–H groups in total. The zero-order chi connectivity index (χ0) is 19.6. The highest BCUT2D eigenvalue weighted by molar-refractivity contribution is 7.17. The van der Waals surface area contributed by atoms with Crippen molar-refractivity contribution in [3.8, 4) is 5.75 Å². The number of methoxy groups -OCH3 is 1. The number of urea groups is 1. The molecule has 1 aliphatic carbocycles. The van der Waals surface area contributed by atoms with E-state index in [-0.39, 0.29) is 17.1 Å². The number of primary amides is 1. The number of ether oxygens (including phenoxy) is 1. The molecule has 1 aromatic heterocycles. The van der Waals surface area contributed by atoms with Gasteiger partial charge in [-0.15, -0.1) is 11.3 Å². The van der Waals surface area contributed by atoms with Gasteiger partial charge in [0.2, 0.25) is 0 Å². The van der Waals surface area contributed by atoms with E-state index in [1.165, 1.54) is 36.6 Å². The van der Waals surface area contributed by atoms with Gasteiger partial charge in [-0.05, 0) is 37.3 Å². The zero-order valence-electron chi connectivity index (χ0n) is 14.5. The van der Waals surface area contributed by atoms with Gasteiger partial charge in [-0.2, -0.15) is 0 Å². The van der Waals surface area contributed by atoms with Gasteiger partial charge in [-0.25, -0.2) is 4.79 Å². The number of benzene rings is 1. The smallest absolute Gasteiger partial charge is 0.324 e. The third kappa shape index (κ3) is 3.85. The summed E-state index contributed by atoms with van der Waals surface area (Å²) in [5.74, 6) is -0.311. The van der Waals surface area contributed by atoms with Gasteiger partial charge in [-0.3, -0.25) is 20.2 Å². The number of nitrogens with one attached hydrogen (secondary N) is 2. The SMILES string of the molecule is COc1ccc([N+](=O)[O-])cc1NC(=O)Nc1sc2c(c1C(N)=O)CCCC2. The summed E-state index contributed by atoms with van der Waals surface area (Å²) < 4.78 is 5.12. The van der Waals surface area contributed by atoms with Crippen molar-refractivity contribution in [1.29, 1.82) is 0 Å². The van der Waals surface area contributed by atoms with Crippen molar-refractivity contribution < 1.29 is 19.2 Å². The van der Waals surface area contributed by atoms with E-state index in [2.05, 4.69) is 10.6 Å². The van der Waals surface area contributed by atoms with Crippen LogP contribution in [0.4, 0.5) is 21.2 Å². The maximum atomic E-state index is 12.4. The Labute approximate surface area is 158 Å². The van der Waals surface area contributed by atoms with Gasteiger partial charge in [0, 0.05) is 17.0 Å². The second-order valence-electron chi connectivity index (χ2n) is 6.00. The van der Waals surface area contributed by atoms with Crippen LogP contribution in [0.3, 0.4) is 0 Å². The minimum Gasteiger partial charge on any atom is -0.495 e. The number of amides is 3. The molecule has 0 unspecified atom stereocenters. The normalized spacial score (nSPS) is 12.8. The standard InChI is InChI=1S/C17H18N4O5S/c1-26-12-7-6-9(21(24)25)8-11(12)19-17(23)20-16-14(15(18)22)10-4-2-3-5-13(10)27-16/h6-8H,2-5H2,1H3,(H2,18,22)(H2,19,20,23). The molecule has 9 nitrogen and oxygen atoms in total. The number of nitrogens with two attached hydrogens (primary N) is 1. The molecular formula is C17H18N4O5S. The van der Waals surface area contributed by atoms with Crippen LogP contribution in [-0.2, 0) is 12.8 Å². The number of carbonyl (C=O) groups is 2. The first-order valence-electron chi connectivity index (χ1n) is 8.25. The van der Waals surface area contributed by atoms with Crippen LogP contribution in [0.1, 0.15) is 33.6 Å². The molecule has 0 radical (unpaired) electrons. The summed E-state index contributed by atoms with van der Waals surface area (Å²) in [6, 6.07) is 3.23. The fourth-order valence-electron chi connectivity index (χ4n) is 3.08. The highest BCUT2D eigenvalue weighted by Gasteiger charge is 2.25. The van der Waals surface area contributed by atoms with E-state index in [1.54, 1.807) is 0 Å². The predicted octanol–water partition coefficient (Wildman–Crippen LogP) is 3.29. The van der Waals surface area contributed by atoms with Crippen LogP contribution in [0, 0.1) is 10.1 Å². The lowest BCUT2D eigenvalue weighted by molar-refractivity contribution is -0.384. The number of thiophene rings is 1. The Bertz CT molecular complexity index is 924. The van der Waals surface area contributed by atoms with Crippen molar-refractivity contribution in [3.05, 3.63) is 44.3 Å². The van der Waals surface area contributed by atoms with Gasteiger partial charge in [0.05, 0.1) is 23.3 Å². The van der Waals surface area contributed by atoms with Gasteiger partial charge < -0.3 is 15.8 Å². The quantitative estimate of drug-likeness (QED) is 0.531. The minimum atomic E-state index is -0.644. The molecular weight excluding hydrogens is 372 g/mol. The van der Waals surface area contributed by atoms with Crippen LogP contribution in [0.5, 0.6) is 5.75 Å². The molecule has 142 valence electrons. The zero-order valence-corrected chi connectivity index (χ0v) is 15.4. The van der Waals surface area contributed by atoms with Gasteiger partial charge in [-0.1, -0.05) is 0 Å². The van der Waals surface area contributed by atoms with Crippen molar-refractivity contribution in [2.45, 2.75) is 25.7 Å². The van der Waals surface area contributed by atoms with E-state index in [4.69, 9.17) is 10.5 Å². The van der Waals surface area contributed by atoms with E-state index in [9.17, 15) is 19.7 Å². The van der Waals surface area contributed by atoms with Gasteiger partial charge in [0.1, 0.15) is 10.8 Å². The molecule has 10 heteroatoms. The molecule has 27 heavy (non-hydrogen) atoms. The fraction of sp³-hybridized carbons (Fsp3) is 0.294. The number of hydrogen-bond donors (Lipinski definition) is 3. The molecule has 0 bridgehead atoms. The van der Waals surface area contributed by atoms with Crippen LogP contribution in [0.2, 0.25) is 0 Å². The topological polar surface area (TPSA) is 137 Å². The number of nitrogens with zero attached hydrogens (tertiary/aromatic N) is 1. The summed E-state index contributed by atoms with van der Waals surface area (Å²) in [7, 11) is 1.39. The largest absolute Gasteiger partial charge is 0.495 e. The maximum absolute atomic E-state index is 12.4. The van der Waals surface area contributed by atoms with Crippen LogP contribution >= 0.6 is 11.3 Å². The molecule has 3 rings (SSSR count). The second-order valence-corrected chi connectivity index (χ2v) is 7.11. The molecule has 3 amide bonds. The summed E-state index contributed by atoms with van der Waals surface area (Å²) in [6.07, 6.45) is 3.61. The lowest BCUT2D eigenvalue weighted by atomic mass is 9.95. The van der Waals surface area contributed by atoms with Gasteiger partial charge in [0.15, 0.2) is 0 Å².